The van der Waals surface area contributed by atoms with Crippen LogP contribution in [0.4, 0.5) is 26.3 Å². The van der Waals surface area contributed by atoms with Crippen LogP contribution in [0.15, 0.2) is 48.5 Å². The molecule has 0 bridgehead atoms. The molecule has 0 aliphatic heterocycles. The Morgan fingerprint density at radius 1 is 0.792 bits per heavy atom. The third kappa shape index (κ3) is 3.19. The van der Waals surface area contributed by atoms with Gasteiger partial charge in [0, 0.05) is 0 Å². The third-order valence-electron chi connectivity index (χ3n) is 3.53. The fraction of sp³-hybridized carbons (Fsp3) is 0.250. The Morgan fingerprint density at radius 3 is 1.79 bits per heavy atom. The van der Waals surface area contributed by atoms with Crippen molar-refractivity contribution in [2.75, 3.05) is 7.11 Å². The van der Waals surface area contributed by atoms with Crippen LogP contribution in [-0.4, -0.2) is 18.4 Å². The molecule has 130 valence electrons. The van der Waals surface area contributed by atoms with Gasteiger partial charge in [0.1, 0.15) is 5.75 Å². The van der Waals surface area contributed by atoms with E-state index in [4.69, 9.17) is 4.74 Å². The first kappa shape index (κ1) is 18.1. The van der Waals surface area contributed by atoms with Crippen molar-refractivity contribution in [1.82, 2.24) is 0 Å². The number of aliphatic hydroxyl groups is 1. The van der Waals surface area contributed by atoms with Crippen LogP contribution in [0.25, 0.3) is 0 Å². The first-order chi connectivity index (χ1) is 11.0. The molecule has 1 unspecified atom stereocenters. The van der Waals surface area contributed by atoms with Crippen LogP contribution >= 0.6 is 0 Å². The molecule has 8 heteroatoms. The van der Waals surface area contributed by atoms with Crippen molar-refractivity contribution >= 4 is 0 Å². The number of ether oxygens (including phenoxy) is 1. The summed E-state index contributed by atoms with van der Waals surface area (Å²) in [6.45, 7) is 0. The van der Waals surface area contributed by atoms with Crippen molar-refractivity contribution in [3.8, 4) is 5.75 Å². The van der Waals surface area contributed by atoms with E-state index in [0.717, 1.165) is 24.3 Å². The van der Waals surface area contributed by atoms with Crippen LogP contribution in [0.5, 0.6) is 5.75 Å². The molecular formula is C16H12F6O2. The van der Waals surface area contributed by atoms with Gasteiger partial charge in [-0.25, -0.2) is 0 Å². The summed E-state index contributed by atoms with van der Waals surface area (Å²) in [5.74, 6) is 0.243. The van der Waals surface area contributed by atoms with E-state index in [0.29, 0.717) is 6.07 Å². The predicted octanol–water partition coefficient (Wildman–Crippen LogP) is 4.51. The zero-order chi connectivity index (χ0) is 18.2. The van der Waals surface area contributed by atoms with E-state index in [1.54, 1.807) is 0 Å². The first-order valence-corrected chi connectivity index (χ1v) is 6.61. The molecule has 2 aromatic carbocycles. The second-order valence-electron chi connectivity index (χ2n) is 5.02. The minimum Gasteiger partial charge on any atom is -0.497 e. The summed E-state index contributed by atoms with van der Waals surface area (Å²) in [6, 6.07) is 6.80. The number of benzene rings is 2. The number of hydrogen-bond donors (Lipinski definition) is 1. The molecule has 0 spiro atoms. The predicted molar refractivity (Wildman–Crippen MR) is 73.5 cm³/mol. The highest BCUT2D eigenvalue weighted by Crippen LogP contribution is 2.45. The Morgan fingerprint density at radius 2 is 1.33 bits per heavy atom. The molecule has 0 saturated carbocycles. The summed E-state index contributed by atoms with van der Waals surface area (Å²) in [4.78, 5) is 0. The maximum atomic E-state index is 13.5. The highest BCUT2D eigenvalue weighted by atomic mass is 19.4. The average Bonchev–Trinajstić information content (AvgIpc) is 2.52. The smallest absolute Gasteiger partial charge is 0.425 e. The van der Waals surface area contributed by atoms with Gasteiger partial charge in [0.15, 0.2) is 0 Å². The molecule has 1 N–H and O–H groups in total. The lowest BCUT2D eigenvalue weighted by Gasteiger charge is -2.32. The van der Waals surface area contributed by atoms with Gasteiger partial charge in [-0.05, 0) is 35.4 Å². The van der Waals surface area contributed by atoms with E-state index in [1.165, 1.54) is 19.2 Å². The maximum Gasteiger partial charge on any atom is 0.425 e. The molecule has 2 nitrogen and oxygen atoms in total. The zero-order valence-corrected chi connectivity index (χ0v) is 12.2. The number of halogens is 6. The van der Waals surface area contributed by atoms with Crippen LogP contribution in [0, 0.1) is 0 Å². The summed E-state index contributed by atoms with van der Waals surface area (Å²) < 4.78 is 83.7. The molecule has 0 aromatic heterocycles. The fourth-order valence-electron chi connectivity index (χ4n) is 2.25. The van der Waals surface area contributed by atoms with Crippen LogP contribution in [0.3, 0.4) is 0 Å². The molecule has 0 saturated heterocycles. The molecule has 1 atom stereocenters. The van der Waals surface area contributed by atoms with Crippen LogP contribution in [0.1, 0.15) is 16.7 Å². The van der Waals surface area contributed by atoms with E-state index in [9.17, 15) is 31.4 Å². The van der Waals surface area contributed by atoms with Crippen molar-refractivity contribution in [3.05, 3.63) is 65.2 Å². The number of alkyl halides is 6. The molecule has 0 aliphatic rings. The molecule has 24 heavy (non-hydrogen) atoms. The average molecular weight is 350 g/mol. The van der Waals surface area contributed by atoms with Gasteiger partial charge in [-0.1, -0.05) is 24.3 Å². The van der Waals surface area contributed by atoms with Gasteiger partial charge in [-0.2, -0.15) is 26.3 Å². The molecule has 0 amide bonds. The van der Waals surface area contributed by atoms with Crippen LogP contribution < -0.4 is 4.74 Å². The normalized spacial score (nSPS) is 15.0. The molecule has 0 heterocycles. The Labute approximate surface area is 133 Å². The van der Waals surface area contributed by atoms with E-state index in [-0.39, 0.29) is 11.8 Å². The topological polar surface area (TPSA) is 29.5 Å². The van der Waals surface area contributed by atoms with E-state index >= 15 is 0 Å². The van der Waals surface area contributed by atoms with E-state index < -0.39 is 34.6 Å². The third-order valence-corrected chi connectivity index (χ3v) is 3.53. The van der Waals surface area contributed by atoms with E-state index in [1.807, 2.05) is 0 Å². The Bertz CT molecular complexity index is 706. The van der Waals surface area contributed by atoms with Crippen molar-refractivity contribution in [2.45, 2.75) is 18.0 Å². The molecule has 0 radical (unpaired) electrons. The molecule has 2 aromatic rings. The van der Waals surface area contributed by atoms with Crippen molar-refractivity contribution in [3.63, 3.8) is 0 Å². The molecule has 0 fully saturated rings. The number of hydrogen-bond acceptors (Lipinski definition) is 2. The summed E-state index contributed by atoms with van der Waals surface area (Å²) in [7, 11) is 1.30. The summed E-state index contributed by atoms with van der Waals surface area (Å²) in [5.41, 5.74) is -6.40. The van der Waals surface area contributed by atoms with Gasteiger partial charge >= 0.3 is 12.4 Å². The second kappa shape index (κ2) is 6.01. The van der Waals surface area contributed by atoms with Crippen LogP contribution in [0.2, 0.25) is 0 Å². The fourth-order valence-corrected chi connectivity index (χ4v) is 2.25. The highest BCUT2D eigenvalue weighted by Gasteiger charge is 2.56. The minimum atomic E-state index is -5.23. The molecule has 0 aliphatic carbocycles. The van der Waals surface area contributed by atoms with E-state index in [2.05, 4.69) is 0 Å². The number of methoxy groups -OCH3 is 1. The van der Waals surface area contributed by atoms with Gasteiger partial charge in [0.05, 0.1) is 12.7 Å². The van der Waals surface area contributed by atoms with Crippen molar-refractivity contribution < 1.29 is 36.2 Å². The Kier molecular flexibility index (Phi) is 4.54. The maximum absolute atomic E-state index is 13.5. The minimum absolute atomic E-state index is 0.243. The Hall–Kier alpha value is -2.22. The Balaban J connectivity index is 2.64. The number of rotatable bonds is 3. The second-order valence-corrected chi connectivity index (χ2v) is 5.02. The monoisotopic (exact) mass is 350 g/mol. The molecule has 2 rings (SSSR count). The van der Waals surface area contributed by atoms with Crippen molar-refractivity contribution in [1.29, 1.82) is 0 Å². The SMILES string of the molecule is COc1ccc(C(O)(c2cccc(C(F)(F)F)c2)C(F)(F)F)cc1. The van der Waals surface area contributed by atoms with Gasteiger partial charge in [0.25, 0.3) is 0 Å². The van der Waals surface area contributed by atoms with Gasteiger partial charge < -0.3 is 9.84 Å². The lowest BCUT2D eigenvalue weighted by atomic mass is 9.85. The summed E-state index contributed by atoms with van der Waals surface area (Å²) >= 11 is 0. The van der Waals surface area contributed by atoms with Gasteiger partial charge in [0.2, 0.25) is 5.60 Å². The standard InChI is InChI=1S/C16H12F6O2/c1-24-13-7-5-10(6-8-13)14(23,16(20,21)22)11-3-2-4-12(9-11)15(17,18)19/h2-9,23H,1H3. The quantitative estimate of drug-likeness (QED) is 0.826. The van der Waals surface area contributed by atoms with Gasteiger partial charge in [-0.3, -0.25) is 0 Å². The lowest BCUT2D eigenvalue weighted by molar-refractivity contribution is -0.248. The van der Waals surface area contributed by atoms with Gasteiger partial charge in [-0.15, -0.1) is 0 Å². The summed E-state index contributed by atoms with van der Waals surface area (Å²) in [6.07, 6.45) is -10.1. The highest BCUT2D eigenvalue weighted by molar-refractivity contribution is 5.42. The molecular weight excluding hydrogens is 338 g/mol. The largest absolute Gasteiger partial charge is 0.497 e. The first-order valence-electron chi connectivity index (χ1n) is 6.61. The van der Waals surface area contributed by atoms with Crippen LogP contribution in [-0.2, 0) is 11.8 Å². The zero-order valence-electron chi connectivity index (χ0n) is 12.2. The summed E-state index contributed by atoms with van der Waals surface area (Å²) in [5, 5.41) is 10.3. The van der Waals surface area contributed by atoms with Crippen molar-refractivity contribution in [2.24, 2.45) is 0 Å². The lowest BCUT2D eigenvalue weighted by Crippen LogP contribution is -2.43.